The molecule has 2 aromatic heterocycles. The molecule has 1 aliphatic rings. The Morgan fingerprint density at radius 1 is 0.897 bits per heavy atom. The average molecular weight is 520 g/mol. The van der Waals surface area contributed by atoms with Gasteiger partial charge in [-0.15, -0.1) is 5.10 Å². The van der Waals surface area contributed by atoms with Crippen molar-refractivity contribution in [3.8, 4) is 22.6 Å². The summed E-state index contributed by atoms with van der Waals surface area (Å²) in [6, 6.07) is 24.0. The zero-order valence-electron chi connectivity index (χ0n) is 22.7. The lowest BCUT2D eigenvalue weighted by Crippen LogP contribution is -2.10. The summed E-state index contributed by atoms with van der Waals surface area (Å²) < 4.78 is 16.1. The number of rotatable bonds is 8. The van der Waals surface area contributed by atoms with Gasteiger partial charge in [-0.2, -0.15) is 0 Å². The van der Waals surface area contributed by atoms with Crippen molar-refractivity contribution in [2.75, 3.05) is 6.61 Å². The average Bonchev–Trinajstić information content (AvgIpc) is 3.34. The van der Waals surface area contributed by atoms with Crippen molar-refractivity contribution in [2.45, 2.75) is 53.2 Å². The summed E-state index contributed by atoms with van der Waals surface area (Å²) in [4.78, 5) is 14.3. The molecule has 6 rings (SSSR count). The molecular weight excluding hydrogens is 486 g/mol. The third kappa shape index (κ3) is 4.60. The first-order valence-electron chi connectivity index (χ1n) is 13.7. The highest BCUT2D eigenvalue weighted by atomic mass is 16.5. The van der Waals surface area contributed by atoms with Gasteiger partial charge in [0.1, 0.15) is 17.9 Å². The van der Waals surface area contributed by atoms with Crippen molar-refractivity contribution in [3.63, 3.8) is 0 Å². The van der Waals surface area contributed by atoms with Gasteiger partial charge in [0.25, 0.3) is 0 Å². The van der Waals surface area contributed by atoms with E-state index in [1.165, 1.54) is 5.56 Å². The molecule has 0 aliphatic carbocycles. The highest BCUT2D eigenvalue weighted by Crippen LogP contribution is 2.38. The largest absolute Gasteiger partial charge is 0.490 e. The Labute approximate surface area is 228 Å². The standard InChI is InChI=1S/C33H33N3O3/c1-4-38-27-15-8-9-16-28(27)39-21-29-34-36-31(32(37)25-19-22(2)18-23(3)20-25)30(24-12-6-5-7-13-24)26-14-10-11-17-35(29)33(26)36/h5-9,12-13,15-16,18-20H,4,10-11,14,17,21H2,1-3H3. The molecule has 5 aromatic rings. The summed E-state index contributed by atoms with van der Waals surface area (Å²) in [5.74, 6) is 2.19. The van der Waals surface area contributed by atoms with Gasteiger partial charge in [-0.1, -0.05) is 59.7 Å². The normalized spacial score (nSPS) is 12.9. The fourth-order valence-electron chi connectivity index (χ4n) is 5.77. The molecule has 6 heteroatoms. The van der Waals surface area contributed by atoms with Crippen LogP contribution in [0.15, 0.2) is 72.8 Å². The molecule has 0 saturated heterocycles. The molecule has 0 amide bonds. The van der Waals surface area contributed by atoms with E-state index in [1.807, 2.05) is 79.9 Å². The zero-order valence-corrected chi connectivity index (χ0v) is 22.7. The van der Waals surface area contributed by atoms with Crippen LogP contribution >= 0.6 is 0 Å². The highest BCUT2D eigenvalue weighted by molar-refractivity contribution is 6.13. The number of carbonyl (C=O) groups is 1. The number of benzene rings is 3. The first kappa shape index (κ1) is 25.0. The molecule has 0 radical (unpaired) electrons. The second-order valence-corrected chi connectivity index (χ2v) is 10.2. The summed E-state index contributed by atoms with van der Waals surface area (Å²) in [5.41, 5.74) is 7.66. The quantitative estimate of drug-likeness (QED) is 0.208. The molecule has 39 heavy (non-hydrogen) atoms. The van der Waals surface area contributed by atoms with E-state index >= 15 is 0 Å². The number of ketones is 1. The maximum atomic E-state index is 14.3. The van der Waals surface area contributed by atoms with Gasteiger partial charge in [-0.3, -0.25) is 4.79 Å². The summed E-state index contributed by atoms with van der Waals surface area (Å²) in [6.45, 7) is 7.70. The van der Waals surface area contributed by atoms with Crippen molar-refractivity contribution >= 4 is 11.4 Å². The van der Waals surface area contributed by atoms with E-state index in [4.69, 9.17) is 14.6 Å². The molecule has 0 fully saturated rings. The van der Waals surface area contributed by atoms with Crippen LogP contribution in [0.5, 0.6) is 11.5 Å². The van der Waals surface area contributed by atoms with Crippen LogP contribution in [0, 0.1) is 13.8 Å². The van der Waals surface area contributed by atoms with Crippen LogP contribution in [0.4, 0.5) is 0 Å². The number of ether oxygens (including phenoxy) is 2. The third-order valence-corrected chi connectivity index (χ3v) is 7.33. The molecule has 0 unspecified atom stereocenters. The van der Waals surface area contributed by atoms with E-state index in [0.717, 1.165) is 59.5 Å². The van der Waals surface area contributed by atoms with Crippen molar-refractivity contribution in [3.05, 3.63) is 107 Å². The molecule has 6 nitrogen and oxygen atoms in total. The predicted octanol–water partition coefficient (Wildman–Crippen LogP) is 6.96. The smallest absolute Gasteiger partial charge is 0.212 e. The lowest BCUT2D eigenvalue weighted by atomic mass is 9.94. The second kappa shape index (κ2) is 10.4. The molecule has 198 valence electrons. The lowest BCUT2D eigenvalue weighted by Gasteiger charge is -2.12. The minimum atomic E-state index is -0.0127. The molecule has 0 saturated carbocycles. The Hall–Kier alpha value is -4.32. The second-order valence-electron chi connectivity index (χ2n) is 10.2. The summed E-state index contributed by atoms with van der Waals surface area (Å²) >= 11 is 0. The minimum absolute atomic E-state index is 0.0127. The van der Waals surface area contributed by atoms with Gasteiger partial charge in [-0.05, 0) is 69.9 Å². The van der Waals surface area contributed by atoms with E-state index in [9.17, 15) is 4.79 Å². The van der Waals surface area contributed by atoms with Crippen LogP contribution in [-0.4, -0.2) is 26.6 Å². The van der Waals surface area contributed by atoms with Gasteiger partial charge in [0.2, 0.25) is 5.78 Å². The molecule has 3 aromatic carbocycles. The Morgan fingerprint density at radius 2 is 1.59 bits per heavy atom. The molecular formula is C33H33N3O3. The van der Waals surface area contributed by atoms with Gasteiger partial charge in [0.05, 0.1) is 6.61 Å². The topological polar surface area (TPSA) is 57.8 Å². The maximum Gasteiger partial charge on any atom is 0.212 e. The number of hydrogen-bond acceptors (Lipinski definition) is 4. The van der Waals surface area contributed by atoms with E-state index in [1.54, 1.807) is 0 Å². The number of hydrogen-bond donors (Lipinski definition) is 0. The van der Waals surface area contributed by atoms with E-state index in [2.05, 4.69) is 22.8 Å². The fraction of sp³-hybridized carbons (Fsp3) is 0.273. The van der Waals surface area contributed by atoms with Crippen LogP contribution in [0.3, 0.4) is 0 Å². The van der Waals surface area contributed by atoms with E-state index in [0.29, 0.717) is 29.4 Å². The van der Waals surface area contributed by atoms with Gasteiger partial charge < -0.3 is 14.0 Å². The summed E-state index contributed by atoms with van der Waals surface area (Å²) in [5, 5.41) is 5.05. The molecule has 3 heterocycles. The Kier molecular flexibility index (Phi) is 6.69. The Bertz CT molecular complexity index is 1640. The molecule has 0 spiro atoms. The van der Waals surface area contributed by atoms with Gasteiger partial charge in [0.15, 0.2) is 17.3 Å². The van der Waals surface area contributed by atoms with Crippen LogP contribution in [0.2, 0.25) is 0 Å². The van der Waals surface area contributed by atoms with Crippen molar-refractivity contribution < 1.29 is 14.3 Å². The predicted molar refractivity (Wildman–Crippen MR) is 153 cm³/mol. The van der Waals surface area contributed by atoms with Crippen LogP contribution in [0.1, 0.15) is 58.3 Å². The minimum Gasteiger partial charge on any atom is -0.490 e. The molecule has 0 atom stereocenters. The molecule has 0 bridgehead atoms. The van der Waals surface area contributed by atoms with Crippen molar-refractivity contribution in [1.82, 2.24) is 14.2 Å². The summed E-state index contributed by atoms with van der Waals surface area (Å²) in [7, 11) is 0. The van der Waals surface area contributed by atoms with E-state index in [-0.39, 0.29) is 12.4 Å². The van der Waals surface area contributed by atoms with Gasteiger partial charge in [0, 0.05) is 23.2 Å². The number of nitrogens with zero attached hydrogens (tertiary/aromatic N) is 3. The first-order valence-corrected chi connectivity index (χ1v) is 13.7. The number of aryl methyl sites for hydroxylation is 4. The monoisotopic (exact) mass is 519 g/mol. The summed E-state index contributed by atoms with van der Waals surface area (Å²) in [6.07, 6.45) is 2.98. The fourth-order valence-corrected chi connectivity index (χ4v) is 5.77. The molecule has 0 N–H and O–H groups in total. The number of aromatic nitrogens is 3. The zero-order chi connectivity index (χ0) is 26.9. The van der Waals surface area contributed by atoms with Crippen molar-refractivity contribution in [2.24, 2.45) is 0 Å². The van der Waals surface area contributed by atoms with E-state index < -0.39 is 0 Å². The Morgan fingerprint density at radius 3 is 2.31 bits per heavy atom. The van der Waals surface area contributed by atoms with Crippen molar-refractivity contribution in [1.29, 1.82) is 0 Å². The van der Waals surface area contributed by atoms with Crippen LogP contribution < -0.4 is 9.47 Å². The maximum absolute atomic E-state index is 14.3. The van der Waals surface area contributed by atoms with Crippen LogP contribution in [-0.2, 0) is 19.6 Å². The SMILES string of the molecule is CCOc1ccccc1OCc1nn2c(C(=O)c3cc(C)cc(C)c3)c(-c3ccccc3)c3c2n1CCCC3. The van der Waals surface area contributed by atoms with Gasteiger partial charge in [-0.25, -0.2) is 4.52 Å². The highest BCUT2D eigenvalue weighted by Gasteiger charge is 2.31. The number of carbonyl (C=O) groups excluding carboxylic acids is 1. The Balaban J connectivity index is 1.52. The van der Waals surface area contributed by atoms with Crippen LogP contribution in [0.25, 0.3) is 16.8 Å². The lowest BCUT2D eigenvalue weighted by molar-refractivity contribution is 0.103. The third-order valence-electron chi connectivity index (χ3n) is 7.33. The number of para-hydroxylation sites is 2. The van der Waals surface area contributed by atoms with Gasteiger partial charge >= 0.3 is 0 Å². The molecule has 1 aliphatic heterocycles. The first-order chi connectivity index (χ1) is 19.0.